The van der Waals surface area contributed by atoms with Crippen molar-refractivity contribution in [3.63, 3.8) is 0 Å². The number of carbonyl (C=O) groups excluding carboxylic acids is 2. The third-order valence-electron chi connectivity index (χ3n) is 4.74. The summed E-state index contributed by atoms with van der Waals surface area (Å²) in [5.74, 6) is 1.23. The van der Waals surface area contributed by atoms with E-state index in [9.17, 15) is 9.59 Å². The number of hydrogen-bond donors (Lipinski definition) is 1. The molecular formula is C16H20N8O2. The Morgan fingerprint density at radius 1 is 1.19 bits per heavy atom. The molecule has 0 aromatic carbocycles. The van der Waals surface area contributed by atoms with E-state index in [4.69, 9.17) is 0 Å². The van der Waals surface area contributed by atoms with Crippen molar-refractivity contribution in [2.75, 3.05) is 37.6 Å². The molecule has 26 heavy (non-hydrogen) atoms. The van der Waals surface area contributed by atoms with Crippen molar-refractivity contribution in [2.45, 2.75) is 12.8 Å². The summed E-state index contributed by atoms with van der Waals surface area (Å²) in [6.07, 6.45) is 6.25. The SMILES string of the molecule is O=C1CN(C(=O)C2CCCN(c3cc(-n4cncn4)ncn3)C2)CCN1. The van der Waals surface area contributed by atoms with Crippen LogP contribution in [0, 0.1) is 5.92 Å². The molecule has 10 nitrogen and oxygen atoms in total. The minimum Gasteiger partial charge on any atom is -0.356 e. The summed E-state index contributed by atoms with van der Waals surface area (Å²) in [7, 11) is 0. The van der Waals surface area contributed by atoms with E-state index >= 15 is 0 Å². The maximum Gasteiger partial charge on any atom is 0.239 e. The summed E-state index contributed by atoms with van der Waals surface area (Å²) < 4.78 is 1.57. The Kier molecular flexibility index (Phi) is 4.46. The molecule has 0 saturated carbocycles. The normalized spacial score (nSPS) is 20.8. The number of amides is 2. The van der Waals surface area contributed by atoms with Gasteiger partial charge >= 0.3 is 0 Å². The molecule has 136 valence electrons. The first-order valence-electron chi connectivity index (χ1n) is 8.68. The van der Waals surface area contributed by atoms with Crippen molar-refractivity contribution in [2.24, 2.45) is 5.92 Å². The molecule has 1 atom stereocenters. The molecule has 2 aliphatic heterocycles. The van der Waals surface area contributed by atoms with E-state index in [2.05, 4.69) is 30.3 Å². The molecule has 1 N–H and O–H groups in total. The molecule has 4 rings (SSSR count). The minimum atomic E-state index is -0.126. The van der Waals surface area contributed by atoms with Gasteiger partial charge in [-0.25, -0.2) is 19.6 Å². The fourth-order valence-electron chi connectivity index (χ4n) is 3.43. The smallest absolute Gasteiger partial charge is 0.239 e. The number of piperazine rings is 1. The lowest BCUT2D eigenvalue weighted by Crippen LogP contribution is -2.53. The van der Waals surface area contributed by atoms with Gasteiger partial charge in [-0.2, -0.15) is 5.10 Å². The number of hydrogen-bond acceptors (Lipinski definition) is 7. The molecule has 0 spiro atoms. The minimum absolute atomic E-state index is 0.0510. The van der Waals surface area contributed by atoms with Crippen LogP contribution in [0.5, 0.6) is 0 Å². The van der Waals surface area contributed by atoms with Crippen molar-refractivity contribution in [3.8, 4) is 5.82 Å². The van der Waals surface area contributed by atoms with Crippen LogP contribution in [0.2, 0.25) is 0 Å². The summed E-state index contributed by atoms with van der Waals surface area (Å²) >= 11 is 0. The second-order valence-electron chi connectivity index (χ2n) is 6.47. The van der Waals surface area contributed by atoms with Crippen LogP contribution in [-0.4, -0.2) is 74.2 Å². The second kappa shape index (κ2) is 7.06. The summed E-state index contributed by atoms with van der Waals surface area (Å²) in [5, 5.41) is 6.83. The Morgan fingerprint density at radius 3 is 2.88 bits per heavy atom. The zero-order chi connectivity index (χ0) is 17.9. The summed E-state index contributed by atoms with van der Waals surface area (Å²) in [4.78, 5) is 40.6. The van der Waals surface area contributed by atoms with Gasteiger partial charge in [0.15, 0.2) is 5.82 Å². The molecule has 1 unspecified atom stereocenters. The lowest BCUT2D eigenvalue weighted by molar-refractivity contribution is -0.141. The van der Waals surface area contributed by atoms with Crippen LogP contribution in [0.15, 0.2) is 25.0 Å². The van der Waals surface area contributed by atoms with Gasteiger partial charge in [0.05, 0.1) is 12.5 Å². The predicted molar refractivity (Wildman–Crippen MR) is 91.5 cm³/mol. The lowest BCUT2D eigenvalue weighted by Gasteiger charge is -2.36. The highest BCUT2D eigenvalue weighted by Gasteiger charge is 2.32. The second-order valence-corrected chi connectivity index (χ2v) is 6.47. The molecule has 4 heterocycles. The topological polar surface area (TPSA) is 109 Å². The van der Waals surface area contributed by atoms with E-state index in [1.807, 2.05) is 6.07 Å². The third kappa shape index (κ3) is 3.35. The molecule has 2 aromatic rings. The average Bonchev–Trinajstić information content (AvgIpc) is 3.22. The highest BCUT2D eigenvalue weighted by Crippen LogP contribution is 2.24. The van der Waals surface area contributed by atoms with Crippen molar-refractivity contribution in [1.82, 2.24) is 34.9 Å². The number of anilines is 1. The first-order valence-corrected chi connectivity index (χ1v) is 8.68. The Bertz CT molecular complexity index is 793. The van der Waals surface area contributed by atoms with Crippen LogP contribution in [0.4, 0.5) is 5.82 Å². The van der Waals surface area contributed by atoms with Gasteiger partial charge < -0.3 is 15.1 Å². The predicted octanol–water partition coefficient (Wildman–Crippen LogP) is -0.768. The van der Waals surface area contributed by atoms with Crippen LogP contribution >= 0.6 is 0 Å². The summed E-state index contributed by atoms with van der Waals surface area (Å²) in [6, 6.07) is 1.84. The molecule has 2 amide bonds. The molecule has 2 aromatic heterocycles. The number of nitrogens with zero attached hydrogens (tertiary/aromatic N) is 7. The quantitative estimate of drug-likeness (QED) is 0.769. The van der Waals surface area contributed by atoms with Crippen LogP contribution < -0.4 is 10.2 Å². The van der Waals surface area contributed by atoms with Gasteiger partial charge in [-0.05, 0) is 12.8 Å². The Hall–Kier alpha value is -3.04. The number of nitrogens with one attached hydrogen (secondary N) is 1. The van der Waals surface area contributed by atoms with Crippen molar-refractivity contribution in [1.29, 1.82) is 0 Å². The van der Waals surface area contributed by atoms with Crippen molar-refractivity contribution >= 4 is 17.6 Å². The van der Waals surface area contributed by atoms with Gasteiger partial charge in [-0.3, -0.25) is 9.59 Å². The molecule has 2 aliphatic rings. The molecule has 10 heteroatoms. The maximum atomic E-state index is 12.8. The highest BCUT2D eigenvalue weighted by atomic mass is 16.2. The van der Waals surface area contributed by atoms with Gasteiger partial charge in [0.1, 0.15) is 24.8 Å². The van der Waals surface area contributed by atoms with E-state index in [0.717, 1.165) is 25.2 Å². The van der Waals surface area contributed by atoms with E-state index < -0.39 is 0 Å². The molecule has 0 radical (unpaired) electrons. The van der Waals surface area contributed by atoms with E-state index in [-0.39, 0.29) is 24.3 Å². The van der Waals surface area contributed by atoms with E-state index in [1.54, 1.807) is 15.9 Å². The Morgan fingerprint density at radius 2 is 2.08 bits per heavy atom. The standard InChI is InChI=1S/C16H20N8O2/c25-15-8-23(5-3-18-15)16(26)12-2-1-4-22(7-12)13-6-14(20-10-19-13)24-11-17-9-21-24/h6,9-12H,1-5,7-8H2,(H,18,25). The fraction of sp³-hybridized carbons (Fsp3) is 0.500. The first kappa shape index (κ1) is 16.4. The number of aromatic nitrogens is 5. The van der Waals surface area contributed by atoms with Gasteiger partial charge in [-0.15, -0.1) is 0 Å². The van der Waals surface area contributed by atoms with Crippen LogP contribution in [-0.2, 0) is 9.59 Å². The number of piperidine rings is 1. The zero-order valence-corrected chi connectivity index (χ0v) is 14.3. The fourth-order valence-corrected chi connectivity index (χ4v) is 3.43. The average molecular weight is 356 g/mol. The van der Waals surface area contributed by atoms with Crippen LogP contribution in [0.1, 0.15) is 12.8 Å². The number of rotatable bonds is 3. The van der Waals surface area contributed by atoms with Gasteiger partial charge in [0, 0.05) is 32.2 Å². The summed E-state index contributed by atoms with van der Waals surface area (Å²) in [6.45, 7) is 2.67. The van der Waals surface area contributed by atoms with Crippen molar-refractivity contribution < 1.29 is 9.59 Å². The van der Waals surface area contributed by atoms with Crippen LogP contribution in [0.25, 0.3) is 5.82 Å². The molecule has 0 bridgehead atoms. The monoisotopic (exact) mass is 356 g/mol. The van der Waals surface area contributed by atoms with Crippen molar-refractivity contribution in [3.05, 3.63) is 25.0 Å². The number of carbonyl (C=O) groups is 2. The highest BCUT2D eigenvalue weighted by molar-refractivity contribution is 5.87. The first-order chi connectivity index (χ1) is 12.7. The van der Waals surface area contributed by atoms with Gasteiger partial charge in [-0.1, -0.05) is 0 Å². The lowest BCUT2D eigenvalue weighted by atomic mass is 9.96. The molecular weight excluding hydrogens is 336 g/mol. The zero-order valence-electron chi connectivity index (χ0n) is 14.3. The van der Waals surface area contributed by atoms with Crippen LogP contribution in [0.3, 0.4) is 0 Å². The maximum absolute atomic E-state index is 12.8. The van der Waals surface area contributed by atoms with Gasteiger partial charge in [0.25, 0.3) is 0 Å². The molecule has 2 saturated heterocycles. The molecule has 0 aliphatic carbocycles. The van der Waals surface area contributed by atoms with Gasteiger partial charge in [0.2, 0.25) is 11.8 Å². The molecule has 2 fully saturated rings. The Balaban J connectivity index is 1.47. The Labute approximate surface area is 150 Å². The summed E-state index contributed by atoms with van der Waals surface area (Å²) in [5.41, 5.74) is 0. The third-order valence-corrected chi connectivity index (χ3v) is 4.74. The van der Waals surface area contributed by atoms with E-state index in [1.165, 1.54) is 12.7 Å². The van der Waals surface area contributed by atoms with E-state index in [0.29, 0.717) is 25.5 Å². The largest absolute Gasteiger partial charge is 0.356 e.